The molecule has 1 amide bonds. The van der Waals surface area contributed by atoms with Gasteiger partial charge in [-0.05, 0) is 23.8 Å². The fraction of sp³-hybridized carbons (Fsp3) is 0.154. The van der Waals surface area contributed by atoms with Gasteiger partial charge < -0.3 is 14.8 Å². The molecule has 1 N–H and O–H groups in total. The third-order valence-corrected chi connectivity index (χ3v) is 2.24. The van der Waals surface area contributed by atoms with Crippen molar-refractivity contribution >= 4 is 12.0 Å². The van der Waals surface area contributed by atoms with Gasteiger partial charge in [-0.25, -0.2) is 0 Å². The van der Waals surface area contributed by atoms with Gasteiger partial charge in [-0.15, -0.1) is 6.58 Å². The summed E-state index contributed by atoms with van der Waals surface area (Å²) in [6, 6.07) is 5.52. The van der Waals surface area contributed by atoms with Gasteiger partial charge in [0, 0.05) is 12.6 Å². The van der Waals surface area contributed by atoms with Crippen molar-refractivity contribution in [3.63, 3.8) is 0 Å². The zero-order chi connectivity index (χ0) is 12.1. The predicted molar refractivity (Wildman–Crippen MR) is 64.8 cm³/mol. The summed E-state index contributed by atoms with van der Waals surface area (Å²) in [7, 11) is 0. The Kier molecular flexibility index (Phi) is 3.45. The number of hydrogen-bond donors (Lipinski definition) is 1. The highest BCUT2D eigenvalue weighted by Gasteiger charge is 2.12. The van der Waals surface area contributed by atoms with Crippen LogP contribution in [0.25, 0.3) is 6.08 Å². The van der Waals surface area contributed by atoms with Crippen LogP contribution in [0.4, 0.5) is 0 Å². The summed E-state index contributed by atoms with van der Waals surface area (Å²) >= 11 is 0. The maximum absolute atomic E-state index is 11.3. The van der Waals surface area contributed by atoms with Crippen LogP contribution in [0.3, 0.4) is 0 Å². The number of ether oxygens (including phenoxy) is 2. The summed E-state index contributed by atoms with van der Waals surface area (Å²) in [6.07, 6.45) is 4.83. The van der Waals surface area contributed by atoms with Crippen LogP contribution in [-0.2, 0) is 4.79 Å². The van der Waals surface area contributed by atoms with Gasteiger partial charge in [0.2, 0.25) is 12.7 Å². The van der Waals surface area contributed by atoms with Gasteiger partial charge in [-0.2, -0.15) is 0 Å². The number of benzene rings is 1. The lowest BCUT2D eigenvalue weighted by Gasteiger charge is -1.98. The number of rotatable bonds is 4. The normalized spacial score (nSPS) is 12.7. The molecular weight excluding hydrogens is 218 g/mol. The van der Waals surface area contributed by atoms with E-state index in [1.165, 1.54) is 6.08 Å². The van der Waals surface area contributed by atoms with Crippen LogP contribution in [0, 0.1) is 0 Å². The van der Waals surface area contributed by atoms with Gasteiger partial charge >= 0.3 is 0 Å². The SMILES string of the molecule is C=CCNC(=O)/C=C\c1ccc2c(c1)OCO2. The molecule has 1 aromatic rings. The summed E-state index contributed by atoms with van der Waals surface area (Å²) in [5.74, 6) is 1.29. The zero-order valence-corrected chi connectivity index (χ0v) is 9.31. The Hall–Kier alpha value is -2.23. The molecule has 0 aliphatic carbocycles. The molecule has 0 atom stereocenters. The van der Waals surface area contributed by atoms with Crippen LogP contribution in [0.15, 0.2) is 36.9 Å². The van der Waals surface area contributed by atoms with Crippen molar-refractivity contribution < 1.29 is 14.3 Å². The Morgan fingerprint density at radius 2 is 2.24 bits per heavy atom. The van der Waals surface area contributed by atoms with Crippen molar-refractivity contribution in [2.75, 3.05) is 13.3 Å². The molecule has 88 valence electrons. The third kappa shape index (κ3) is 2.87. The minimum absolute atomic E-state index is 0.150. The molecule has 0 fully saturated rings. The molecule has 0 unspecified atom stereocenters. The molecule has 1 aliphatic rings. The molecule has 1 aromatic carbocycles. The first-order valence-electron chi connectivity index (χ1n) is 5.26. The van der Waals surface area contributed by atoms with E-state index in [0.717, 1.165) is 11.3 Å². The minimum Gasteiger partial charge on any atom is -0.454 e. The monoisotopic (exact) mass is 231 g/mol. The second-order valence-electron chi connectivity index (χ2n) is 3.48. The fourth-order valence-electron chi connectivity index (χ4n) is 1.42. The molecule has 0 radical (unpaired) electrons. The maximum Gasteiger partial charge on any atom is 0.244 e. The second kappa shape index (κ2) is 5.21. The first-order valence-corrected chi connectivity index (χ1v) is 5.26. The number of carbonyl (C=O) groups excluding carboxylic acids is 1. The molecule has 1 heterocycles. The molecule has 0 saturated carbocycles. The van der Waals surface area contributed by atoms with Crippen LogP contribution in [0.2, 0.25) is 0 Å². The largest absolute Gasteiger partial charge is 0.454 e. The lowest BCUT2D eigenvalue weighted by atomic mass is 10.2. The van der Waals surface area contributed by atoms with Crippen molar-refractivity contribution in [2.45, 2.75) is 0 Å². The van der Waals surface area contributed by atoms with Crippen molar-refractivity contribution in [1.29, 1.82) is 0 Å². The summed E-state index contributed by atoms with van der Waals surface area (Å²) in [5, 5.41) is 2.66. The highest BCUT2D eigenvalue weighted by molar-refractivity contribution is 5.91. The molecular formula is C13H13NO3. The van der Waals surface area contributed by atoms with Gasteiger partial charge in [0.25, 0.3) is 0 Å². The van der Waals surface area contributed by atoms with E-state index in [1.807, 2.05) is 18.2 Å². The summed E-state index contributed by atoms with van der Waals surface area (Å²) in [5.41, 5.74) is 0.892. The first kappa shape index (κ1) is 11.3. The lowest BCUT2D eigenvalue weighted by Crippen LogP contribution is -2.20. The van der Waals surface area contributed by atoms with Crippen LogP contribution in [0.1, 0.15) is 5.56 Å². The van der Waals surface area contributed by atoms with Crippen molar-refractivity contribution in [1.82, 2.24) is 5.32 Å². The lowest BCUT2D eigenvalue weighted by molar-refractivity contribution is -0.116. The summed E-state index contributed by atoms with van der Waals surface area (Å²) in [6.45, 7) is 4.24. The van der Waals surface area contributed by atoms with Gasteiger partial charge in [-0.3, -0.25) is 4.79 Å². The highest BCUT2D eigenvalue weighted by Crippen LogP contribution is 2.32. The van der Waals surface area contributed by atoms with Crippen LogP contribution >= 0.6 is 0 Å². The molecule has 0 aromatic heterocycles. The smallest absolute Gasteiger partial charge is 0.244 e. The molecule has 4 heteroatoms. The summed E-state index contributed by atoms with van der Waals surface area (Å²) < 4.78 is 10.4. The number of hydrogen-bond acceptors (Lipinski definition) is 3. The average Bonchev–Trinajstić information content (AvgIpc) is 2.81. The maximum atomic E-state index is 11.3. The van der Waals surface area contributed by atoms with Crippen LogP contribution in [-0.4, -0.2) is 19.2 Å². The third-order valence-electron chi connectivity index (χ3n) is 2.24. The average molecular weight is 231 g/mol. The molecule has 0 bridgehead atoms. The van der Waals surface area contributed by atoms with Crippen molar-refractivity contribution in [3.8, 4) is 11.5 Å². The van der Waals surface area contributed by atoms with Gasteiger partial charge in [-0.1, -0.05) is 12.1 Å². The number of amides is 1. The zero-order valence-electron chi connectivity index (χ0n) is 9.31. The fourth-order valence-corrected chi connectivity index (χ4v) is 1.42. The van der Waals surface area contributed by atoms with Crippen LogP contribution < -0.4 is 14.8 Å². The molecule has 0 spiro atoms. The van der Waals surface area contributed by atoms with E-state index in [9.17, 15) is 4.79 Å². The number of fused-ring (bicyclic) bond motifs is 1. The number of nitrogens with one attached hydrogen (secondary N) is 1. The Morgan fingerprint density at radius 3 is 3.06 bits per heavy atom. The second-order valence-corrected chi connectivity index (χ2v) is 3.48. The van der Waals surface area contributed by atoms with Crippen molar-refractivity contribution in [2.24, 2.45) is 0 Å². The molecule has 17 heavy (non-hydrogen) atoms. The Labute approximate surface area is 99.5 Å². The Bertz CT molecular complexity index is 466. The van der Waals surface area contributed by atoms with E-state index in [-0.39, 0.29) is 12.7 Å². The van der Waals surface area contributed by atoms with E-state index in [0.29, 0.717) is 12.3 Å². The first-order chi connectivity index (χ1) is 8.29. The van der Waals surface area contributed by atoms with Crippen molar-refractivity contribution in [3.05, 3.63) is 42.5 Å². The Balaban J connectivity index is 2.01. The van der Waals surface area contributed by atoms with E-state index in [2.05, 4.69) is 11.9 Å². The predicted octanol–water partition coefficient (Wildman–Crippen LogP) is 1.73. The Morgan fingerprint density at radius 1 is 1.41 bits per heavy atom. The van der Waals surface area contributed by atoms with E-state index >= 15 is 0 Å². The number of carbonyl (C=O) groups is 1. The topological polar surface area (TPSA) is 47.6 Å². The standard InChI is InChI=1S/C13H13NO3/c1-2-7-14-13(15)6-4-10-3-5-11-12(8-10)17-9-16-11/h2-6,8H,1,7,9H2,(H,14,15)/b6-4-. The van der Waals surface area contributed by atoms with E-state index in [4.69, 9.17) is 9.47 Å². The quantitative estimate of drug-likeness (QED) is 0.634. The van der Waals surface area contributed by atoms with Gasteiger partial charge in [0.15, 0.2) is 11.5 Å². The molecule has 4 nitrogen and oxygen atoms in total. The molecule has 0 saturated heterocycles. The van der Waals surface area contributed by atoms with Gasteiger partial charge in [0.05, 0.1) is 0 Å². The summed E-state index contributed by atoms with van der Waals surface area (Å²) in [4.78, 5) is 11.3. The van der Waals surface area contributed by atoms with Crippen LogP contribution in [0.5, 0.6) is 11.5 Å². The van der Waals surface area contributed by atoms with Gasteiger partial charge in [0.1, 0.15) is 0 Å². The molecule has 1 aliphatic heterocycles. The van der Waals surface area contributed by atoms with E-state index < -0.39 is 0 Å². The highest BCUT2D eigenvalue weighted by atomic mass is 16.7. The van der Waals surface area contributed by atoms with E-state index in [1.54, 1.807) is 12.2 Å². The molecule has 2 rings (SSSR count). The minimum atomic E-state index is -0.150.